The van der Waals surface area contributed by atoms with E-state index in [9.17, 15) is 9.59 Å². The van der Waals surface area contributed by atoms with E-state index in [4.69, 9.17) is 27.5 Å². The average Bonchev–Trinajstić information content (AvgIpc) is 3.00. The van der Waals surface area contributed by atoms with Gasteiger partial charge in [0.25, 0.3) is 11.8 Å². The second-order valence-corrected chi connectivity index (χ2v) is 6.99. The van der Waals surface area contributed by atoms with Gasteiger partial charge >= 0.3 is 0 Å². The molecular weight excluding hydrogens is 460 g/mol. The van der Waals surface area contributed by atoms with Gasteiger partial charge in [0.05, 0.1) is 12.3 Å². The Hall–Kier alpha value is -2.95. The average molecular weight is 476 g/mol. The highest BCUT2D eigenvalue weighted by Crippen LogP contribution is 2.43. The van der Waals surface area contributed by atoms with Crippen molar-refractivity contribution in [2.45, 2.75) is 6.92 Å². The van der Waals surface area contributed by atoms with E-state index < -0.39 is 11.8 Å². The van der Waals surface area contributed by atoms with Gasteiger partial charge in [0, 0.05) is 4.47 Å². The summed E-state index contributed by atoms with van der Waals surface area (Å²) < 4.78 is 11.5. The predicted octanol–water partition coefficient (Wildman–Crippen LogP) is 3.97. The molecule has 1 aliphatic heterocycles. The number of amides is 2. The van der Waals surface area contributed by atoms with Crippen molar-refractivity contribution in [2.75, 3.05) is 18.2 Å². The molecule has 2 aromatic carbocycles. The molecule has 1 heterocycles. The smallest absolute Gasteiger partial charge is 0.282 e. The Morgan fingerprint density at radius 2 is 2.00 bits per heavy atom. The third-order valence-corrected chi connectivity index (χ3v) is 5.40. The second kappa shape index (κ2) is 9.03. The monoisotopic (exact) mass is 474 g/mol. The van der Waals surface area contributed by atoms with E-state index in [0.717, 1.165) is 0 Å². The SMILES string of the molecule is C#CCOc1c(OCC)cc(C=C2C(=O)NN(c3ccccc3)C2=O)c(Br)c1Cl. The number of halogens is 2. The zero-order valence-electron chi connectivity index (χ0n) is 15.4. The van der Waals surface area contributed by atoms with Crippen molar-refractivity contribution in [2.24, 2.45) is 0 Å². The van der Waals surface area contributed by atoms with Gasteiger partial charge in [-0.25, -0.2) is 5.01 Å². The standard InChI is InChI=1S/C21H16BrClN2O4/c1-3-10-29-19-16(28-4-2)12-13(17(22)18(19)23)11-15-20(26)24-25(21(15)27)14-8-6-5-7-9-14/h1,5-9,11-12H,4,10H2,2H3,(H,24,26). The molecule has 0 bridgehead atoms. The molecule has 3 rings (SSSR count). The van der Waals surface area contributed by atoms with Crippen LogP contribution in [0.4, 0.5) is 5.69 Å². The van der Waals surface area contributed by atoms with E-state index in [0.29, 0.717) is 28.1 Å². The number of carbonyl (C=O) groups is 2. The molecular formula is C21H16BrClN2O4. The highest BCUT2D eigenvalue weighted by Gasteiger charge is 2.34. The maximum Gasteiger partial charge on any atom is 0.282 e. The zero-order chi connectivity index (χ0) is 21.0. The largest absolute Gasteiger partial charge is 0.490 e. The molecule has 29 heavy (non-hydrogen) atoms. The van der Waals surface area contributed by atoms with Crippen LogP contribution in [-0.2, 0) is 9.59 Å². The summed E-state index contributed by atoms with van der Waals surface area (Å²) in [4.78, 5) is 25.2. The molecule has 0 saturated carbocycles. The lowest BCUT2D eigenvalue weighted by Crippen LogP contribution is -2.35. The summed E-state index contributed by atoms with van der Waals surface area (Å²) in [7, 11) is 0. The Morgan fingerprint density at radius 1 is 1.28 bits per heavy atom. The van der Waals surface area contributed by atoms with Crippen LogP contribution in [0, 0.1) is 12.3 Å². The van der Waals surface area contributed by atoms with Crippen molar-refractivity contribution in [3.05, 3.63) is 57.0 Å². The van der Waals surface area contributed by atoms with Crippen LogP contribution in [0.25, 0.3) is 6.08 Å². The quantitative estimate of drug-likeness (QED) is 0.390. The Morgan fingerprint density at radius 3 is 2.66 bits per heavy atom. The number of anilines is 1. The first-order chi connectivity index (χ1) is 14.0. The van der Waals surface area contributed by atoms with Gasteiger partial charge in [0.1, 0.15) is 17.2 Å². The Balaban J connectivity index is 2.02. The van der Waals surface area contributed by atoms with Crippen LogP contribution in [0.1, 0.15) is 12.5 Å². The number of terminal acetylenes is 1. The molecule has 6 nitrogen and oxygen atoms in total. The molecule has 0 aromatic heterocycles. The lowest BCUT2D eigenvalue weighted by molar-refractivity contribution is -0.117. The van der Waals surface area contributed by atoms with Crippen molar-refractivity contribution in [1.29, 1.82) is 0 Å². The third-order valence-electron chi connectivity index (χ3n) is 3.96. The van der Waals surface area contributed by atoms with Crippen molar-refractivity contribution < 1.29 is 19.1 Å². The van der Waals surface area contributed by atoms with E-state index in [2.05, 4.69) is 27.3 Å². The van der Waals surface area contributed by atoms with Crippen molar-refractivity contribution in [3.8, 4) is 23.8 Å². The number of ether oxygens (including phenoxy) is 2. The van der Waals surface area contributed by atoms with Gasteiger partial charge in [-0.05, 0) is 52.7 Å². The number of para-hydroxylation sites is 1. The van der Waals surface area contributed by atoms with Crippen LogP contribution in [0.2, 0.25) is 5.02 Å². The Kier molecular flexibility index (Phi) is 6.47. The van der Waals surface area contributed by atoms with Gasteiger partial charge < -0.3 is 9.47 Å². The Labute approximate surface area is 181 Å². The molecule has 0 atom stereocenters. The maximum atomic E-state index is 12.8. The molecule has 1 fully saturated rings. The van der Waals surface area contributed by atoms with Gasteiger partial charge in [-0.3, -0.25) is 15.0 Å². The fourth-order valence-corrected chi connectivity index (χ4v) is 3.36. The maximum absolute atomic E-state index is 12.8. The normalized spacial score (nSPS) is 14.7. The first kappa shape index (κ1) is 20.8. The third kappa shape index (κ3) is 4.24. The zero-order valence-corrected chi connectivity index (χ0v) is 17.7. The molecule has 1 aliphatic rings. The van der Waals surface area contributed by atoms with E-state index in [1.54, 1.807) is 30.3 Å². The fraction of sp³-hybridized carbons (Fsp3) is 0.143. The molecule has 0 unspecified atom stereocenters. The van der Waals surface area contributed by atoms with Crippen LogP contribution in [0.3, 0.4) is 0 Å². The predicted molar refractivity (Wildman–Crippen MR) is 115 cm³/mol. The lowest BCUT2D eigenvalue weighted by atomic mass is 10.1. The Bertz CT molecular complexity index is 1030. The molecule has 8 heteroatoms. The summed E-state index contributed by atoms with van der Waals surface area (Å²) in [5.41, 5.74) is 3.56. The minimum atomic E-state index is -0.521. The number of hydrogen-bond acceptors (Lipinski definition) is 4. The van der Waals surface area contributed by atoms with Crippen LogP contribution in [-0.4, -0.2) is 25.0 Å². The van der Waals surface area contributed by atoms with Crippen LogP contribution < -0.4 is 19.9 Å². The first-order valence-corrected chi connectivity index (χ1v) is 9.78. The molecule has 0 aliphatic carbocycles. The number of hydrazine groups is 1. The molecule has 1 saturated heterocycles. The lowest BCUT2D eigenvalue weighted by Gasteiger charge is -2.15. The molecule has 0 radical (unpaired) electrons. The second-order valence-electron chi connectivity index (χ2n) is 5.82. The number of benzene rings is 2. The van der Waals surface area contributed by atoms with Gasteiger partial charge in [0.2, 0.25) is 0 Å². The number of nitrogens with zero attached hydrogens (tertiary/aromatic N) is 1. The van der Waals surface area contributed by atoms with Gasteiger partial charge in [-0.15, -0.1) is 6.42 Å². The molecule has 0 spiro atoms. The molecule has 2 aromatic rings. The minimum Gasteiger partial charge on any atom is -0.490 e. The van der Waals surface area contributed by atoms with Gasteiger partial charge in [-0.1, -0.05) is 35.7 Å². The molecule has 148 valence electrons. The van der Waals surface area contributed by atoms with Crippen molar-refractivity contribution in [1.82, 2.24) is 5.43 Å². The van der Waals surface area contributed by atoms with Gasteiger partial charge in [0.15, 0.2) is 11.5 Å². The summed E-state index contributed by atoms with van der Waals surface area (Å²) in [5, 5.41) is 1.42. The molecule has 1 N–H and O–H groups in total. The van der Waals surface area contributed by atoms with Crippen molar-refractivity contribution >= 4 is 51.1 Å². The van der Waals surface area contributed by atoms with Crippen LogP contribution in [0.5, 0.6) is 11.5 Å². The topological polar surface area (TPSA) is 67.9 Å². The van der Waals surface area contributed by atoms with Crippen molar-refractivity contribution in [3.63, 3.8) is 0 Å². The highest BCUT2D eigenvalue weighted by molar-refractivity contribution is 9.10. The fourth-order valence-electron chi connectivity index (χ4n) is 2.69. The first-order valence-electron chi connectivity index (χ1n) is 8.61. The van der Waals surface area contributed by atoms with Crippen LogP contribution in [0.15, 0.2) is 46.4 Å². The summed E-state index contributed by atoms with van der Waals surface area (Å²) in [6.07, 6.45) is 6.70. The van der Waals surface area contributed by atoms with Crippen LogP contribution >= 0.6 is 27.5 Å². The number of rotatable bonds is 6. The summed E-state index contributed by atoms with van der Waals surface area (Å²) in [6.45, 7) is 2.19. The van der Waals surface area contributed by atoms with E-state index in [1.807, 2.05) is 13.0 Å². The molecule has 2 amide bonds. The number of hydrogen-bond donors (Lipinski definition) is 1. The highest BCUT2D eigenvalue weighted by atomic mass is 79.9. The summed E-state index contributed by atoms with van der Waals surface area (Å²) in [6, 6.07) is 10.4. The van der Waals surface area contributed by atoms with Gasteiger partial charge in [-0.2, -0.15) is 0 Å². The number of nitrogens with one attached hydrogen (secondary N) is 1. The van der Waals surface area contributed by atoms with E-state index in [1.165, 1.54) is 11.1 Å². The summed E-state index contributed by atoms with van der Waals surface area (Å²) >= 11 is 9.81. The summed E-state index contributed by atoms with van der Waals surface area (Å²) in [5.74, 6) is 2.01. The van der Waals surface area contributed by atoms with E-state index in [-0.39, 0.29) is 23.0 Å². The van der Waals surface area contributed by atoms with E-state index >= 15 is 0 Å². The number of carbonyl (C=O) groups excluding carboxylic acids is 2. The minimum absolute atomic E-state index is 0.0135.